The van der Waals surface area contributed by atoms with Crippen molar-refractivity contribution < 1.29 is 9.47 Å². The third-order valence-corrected chi connectivity index (χ3v) is 4.26. The summed E-state index contributed by atoms with van der Waals surface area (Å²) in [5.41, 5.74) is 7.12. The number of nitrogens with one attached hydrogen (secondary N) is 2. The summed E-state index contributed by atoms with van der Waals surface area (Å²) in [6.45, 7) is 4.49. The standard InChI is InChI=1S/C20H20N6O2/c1-4-28-18-13(6-5-7-16(18)27-3)11-21-25-20-23-19-17(24-26-20)14-10-12(2)8-9-15(14)22-19/h5-11H,4H2,1-3H3,(H2,22,23,25,26)/b21-11+. The zero-order valence-corrected chi connectivity index (χ0v) is 15.9. The van der Waals surface area contributed by atoms with Crippen molar-refractivity contribution in [3.8, 4) is 11.5 Å². The molecule has 0 aliphatic rings. The highest BCUT2D eigenvalue weighted by molar-refractivity contribution is 6.03. The first kappa shape index (κ1) is 17.7. The summed E-state index contributed by atoms with van der Waals surface area (Å²) in [4.78, 5) is 7.71. The van der Waals surface area contributed by atoms with E-state index in [1.165, 1.54) is 0 Å². The number of rotatable bonds is 6. The van der Waals surface area contributed by atoms with E-state index >= 15 is 0 Å². The zero-order chi connectivity index (χ0) is 19.5. The molecule has 0 saturated carbocycles. The van der Waals surface area contributed by atoms with E-state index in [1.807, 2.05) is 44.2 Å². The number of fused-ring (bicyclic) bond motifs is 3. The van der Waals surface area contributed by atoms with Gasteiger partial charge < -0.3 is 14.5 Å². The van der Waals surface area contributed by atoms with Crippen LogP contribution in [-0.4, -0.2) is 40.1 Å². The van der Waals surface area contributed by atoms with Crippen molar-refractivity contribution in [1.82, 2.24) is 20.2 Å². The average Bonchev–Trinajstić information content (AvgIpc) is 3.06. The molecule has 2 heterocycles. The molecular weight excluding hydrogens is 356 g/mol. The van der Waals surface area contributed by atoms with E-state index in [1.54, 1.807) is 13.3 Å². The van der Waals surface area contributed by atoms with Crippen molar-refractivity contribution in [1.29, 1.82) is 0 Å². The van der Waals surface area contributed by atoms with Crippen LogP contribution in [0.2, 0.25) is 0 Å². The quantitative estimate of drug-likeness (QED) is 0.394. The van der Waals surface area contributed by atoms with Gasteiger partial charge in [-0.15, -0.1) is 10.2 Å². The highest BCUT2D eigenvalue weighted by atomic mass is 16.5. The van der Waals surface area contributed by atoms with Gasteiger partial charge in [0.05, 0.1) is 19.9 Å². The summed E-state index contributed by atoms with van der Waals surface area (Å²) < 4.78 is 11.0. The summed E-state index contributed by atoms with van der Waals surface area (Å²) in [7, 11) is 1.60. The number of para-hydroxylation sites is 1. The minimum absolute atomic E-state index is 0.299. The lowest BCUT2D eigenvalue weighted by Gasteiger charge is -2.11. The smallest absolute Gasteiger partial charge is 0.265 e. The summed E-state index contributed by atoms with van der Waals surface area (Å²) in [5, 5.41) is 13.6. The molecule has 4 aromatic rings. The van der Waals surface area contributed by atoms with E-state index in [0.29, 0.717) is 29.7 Å². The van der Waals surface area contributed by atoms with E-state index in [9.17, 15) is 0 Å². The third-order valence-electron chi connectivity index (χ3n) is 4.26. The van der Waals surface area contributed by atoms with Gasteiger partial charge >= 0.3 is 0 Å². The van der Waals surface area contributed by atoms with Gasteiger partial charge in [0.2, 0.25) is 0 Å². The number of aromatic nitrogens is 4. The van der Waals surface area contributed by atoms with Crippen LogP contribution < -0.4 is 14.9 Å². The number of benzene rings is 2. The lowest BCUT2D eigenvalue weighted by molar-refractivity contribution is 0.310. The van der Waals surface area contributed by atoms with Crippen LogP contribution in [0.4, 0.5) is 5.95 Å². The molecule has 0 amide bonds. The third kappa shape index (κ3) is 3.32. The molecule has 8 heteroatoms. The molecule has 2 aromatic carbocycles. The van der Waals surface area contributed by atoms with Crippen LogP contribution >= 0.6 is 0 Å². The summed E-state index contributed by atoms with van der Waals surface area (Å²) in [5.74, 6) is 1.59. The Labute approximate surface area is 161 Å². The van der Waals surface area contributed by atoms with Crippen molar-refractivity contribution >= 4 is 34.2 Å². The van der Waals surface area contributed by atoms with Crippen LogP contribution in [-0.2, 0) is 0 Å². The molecule has 0 fully saturated rings. The highest BCUT2D eigenvalue weighted by Gasteiger charge is 2.10. The minimum atomic E-state index is 0.299. The molecule has 0 spiro atoms. The maximum Gasteiger partial charge on any atom is 0.265 e. The van der Waals surface area contributed by atoms with Crippen molar-refractivity contribution in [3.63, 3.8) is 0 Å². The SMILES string of the molecule is CCOc1c(/C=N/Nc2nnc3c(n2)[nH]c2ccc(C)cc23)cccc1OC. The van der Waals surface area contributed by atoms with Gasteiger partial charge in [0, 0.05) is 16.5 Å². The second kappa shape index (κ2) is 7.51. The largest absolute Gasteiger partial charge is 0.493 e. The van der Waals surface area contributed by atoms with E-state index in [0.717, 1.165) is 27.5 Å². The van der Waals surface area contributed by atoms with Gasteiger partial charge in [-0.25, -0.2) is 5.43 Å². The Morgan fingerprint density at radius 1 is 1.21 bits per heavy atom. The monoisotopic (exact) mass is 376 g/mol. The Morgan fingerprint density at radius 2 is 2.11 bits per heavy atom. The number of methoxy groups -OCH3 is 1. The summed E-state index contributed by atoms with van der Waals surface area (Å²) in [6.07, 6.45) is 1.63. The maximum atomic E-state index is 5.67. The molecule has 0 bridgehead atoms. The molecule has 0 unspecified atom stereocenters. The van der Waals surface area contributed by atoms with Gasteiger partial charge in [0.15, 0.2) is 17.1 Å². The van der Waals surface area contributed by atoms with E-state index in [2.05, 4.69) is 36.8 Å². The number of hydrogen-bond donors (Lipinski definition) is 2. The van der Waals surface area contributed by atoms with Gasteiger partial charge in [0.1, 0.15) is 5.52 Å². The van der Waals surface area contributed by atoms with Crippen molar-refractivity contribution in [2.24, 2.45) is 5.10 Å². The number of H-pyrrole nitrogens is 1. The number of aromatic amines is 1. The van der Waals surface area contributed by atoms with E-state index in [4.69, 9.17) is 9.47 Å². The van der Waals surface area contributed by atoms with Gasteiger partial charge in [-0.2, -0.15) is 10.1 Å². The number of nitrogens with zero attached hydrogens (tertiary/aromatic N) is 4. The van der Waals surface area contributed by atoms with Gasteiger partial charge in [0.25, 0.3) is 5.95 Å². The fourth-order valence-corrected chi connectivity index (χ4v) is 2.99. The predicted octanol–water partition coefficient (Wildman–Crippen LogP) is 3.67. The lowest BCUT2D eigenvalue weighted by atomic mass is 10.2. The van der Waals surface area contributed by atoms with Crippen LogP contribution in [0.5, 0.6) is 11.5 Å². The Balaban J connectivity index is 1.60. The van der Waals surface area contributed by atoms with E-state index in [-0.39, 0.29) is 0 Å². The molecule has 0 radical (unpaired) electrons. The predicted molar refractivity (Wildman–Crippen MR) is 109 cm³/mol. The Morgan fingerprint density at radius 3 is 2.93 bits per heavy atom. The van der Waals surface area contributed by atoms with Gasteiger partial charge in [-0.1, -0.05) is 17.7 Å². The van der Waals surface area contributed by atoms with Crippen LogP contribution in [0, 0.1) is 6.92 Å². The molecule has 2 N–H and O–H groups in total. The van der Waals surface area contributed by atoms with Gasteiger partial charge in [-0.05, 0) is 38.1 Å². The molecule has 0 aliphatic carbocycles. The fourth-order valence-electron chi connectivity index (χ4n) is 2.99. The average molecular weight is 376 g/mol. The normalized spacial score (nSPS) is 11.4. The van der Waals surface area contributed by atoms with Crippen LogP contribution in [0.3, 0.4) is 0 Å². The topological polar surface area (TPSA) is 97.3 Å². The fraction of sp³-hybridized carbons (Fsp3) is 0.200. The highest BCUT2D eigenvalue weighted by Crippen LogP contribution is 2.30. The molecule has 142 valence electrons. The molecule has 28 heavy (non-hydrogen) atoms. The van der Waals surface area contributed by atoms with Gasteiger partial charge in [-0.3, -0.25) is 0 Å². The molecule has 0 aliphatic heterocycles. The van der Waals surface area contributed by atoms with Crippen molar-refractivity contribution in [2.75, 3.05) is 19.1 Å². The lowest BCUT2D eigenvalue weighted by Crippen LogP contribution is -2.01. The number of hydrazone groups is 1. The molecule has 4 rings (SSSR count). The first-order chi connectivity index (χ1) is 13.7. The molecule has 0 saturated heterocycles. The molecule has 8 nitrogen and oxygen atoms in total. The number of hydrogen-bond acceptors (Lipinski definition) is 7. The van der Waals surface area contributed by atoms with E-state index < -0.39 is 0 Å². The Hall–Kier alpha value is -3.68. The molecule has 0 atom stereocenters. The van der Waals surface area contributed by atoms with Crippen LogP contribution in [0.25, 0.3) is 22.1 Å². The van der Waals surface area contributed by atoms with Crippen molar-refractivity contribution in [2.45, 2.75) is 13.8 Å². The minimum Gasteiger partial charge on any atom is -0.493 e. The number of anilines is 1. The van der Waals surface area contributed by atoms with Crippen LogP contribution in [0.1, 0.15) is 18.1 Å². The number of ether oxygens (including phenoxy) is 2. The maximum absolute atomic E-state index is 5.67. The molecular formula is C20H20N6O2. The Bertz CT molecular complexity index is 1170. The van der Waals surface area contributed by atoms with Crippen LogP contribution in [0.15, 0.2) is 41.5 Å². The summed E-state index contributed by atoms with van der Waals surface area (Å²) >= 11 is 0. The first-order valence-corrected chi connectivity index (χ1v) is 8.91. The Kier molecular flexibility index (Phi) is 4.76. The zero-order valence-electron chi connectivity index (χ0n) is 15.9. The number of aryl methyl sites for hydroxylation is 1. The van der Waals surface area contributed by atoms with Crippen molar-refractivity contribution in [3.05, 3.63) is 47.5 Å². The molecule has 2 aromatic heterocycles. The second-order valence-corrected chi connectivity index (χ2v) is 6.19. The summed E-state index contributed by atoms with van der Waals surface area (Å²) in [6, 6.07) is 11.7. The first-order valence-electron chi connectivity index (χ1n) is 8.91. The second-order valence-electron chi connectivity index (χ2n) is 6.19.